The molecule has 108 valence electrons. The third-order valence-electron chi connectivity index (χ3n) is 3.83. The number of hydrogen-bond donors (Lipinski definition) is 2. The Morgan fingerprint density at radius 2 is 1.86 bits per heavy atom. The predicted molar refractivity (Wildman–Crippen MR) is 81.7 cm³/mol. The lowest BCUT2D eigenvalue weighted by atomic mass is 9.99. The molecule has 21 heavy (non-hydrogen) atoms. The Hall–Kier alpha value is -2.20. The molecule has 2 atom stereocenters. The summed E-state index contributed by atoms with van der Waals surface area (Å²) in [6.07, 6.45) is 5.16. The highest BCUT2D eigenvalue weighted by molar-refractivity contribution is 5.78. The highest BCUT2D eigenvalue weighted by atomic mass is 16.1. The SMILES string of the molecule is O=C1CCC(CNC(c2ccccc2)c2ccncc2)N1. The van der Waals surface area contributed by atoms with Crippen molar-refractivity contribution >= 4 is 5.91 Å². The average molecular weight is 281 g/mol. The fourth-order valence-corrected chi connectivity index (χ4v) is 2.72. The molecular weight excluding hydrogens is 262 g/mol. The average Bonchev–Trinajstić information content (AvgIpc) is 2.95. The van der Waals surface area contributed by atoms with Crippen LogP contribution in [-0.2, 0) is 4.79 Å². The highest BCUT2D eigenvalue weighted by Gasteiger charge is 2.22. The third kappa shape index (κ3) is 3.47. The topological polar surface area (TPSA) is 54.0 Å². The summed E-state index contributed by atoms with van der Waals surface area (Å²) < 4.78 is 0. The lowest BCUT2D eigenvalue weighted by molar-refractivity contribution is -0.119. The zero-order chi connectivity index (χ0) is 14.5. The predicted octanol–water partition coefficient (Wildman–Crippen LogP) is 2.04. The van der Waals surface area contributed by atoms with E-state index in [9.17, 15) is 4.79 Å². The molecule has 0 radical (unpaired) electrons. The van der Waals surface area contributed by atoms with E-state index in [1.807, 2.05) is 42.7 Å². The molecule has 2 unspecified atom stereocenters. The number of amides is 1. The molecule has 2 N–H and O–H groups in total. The van der Waals surface area contributed by atoms with E-state index >= 15 is 0 Å². The van der Waals surface area contributed by atoms with E-state index in [-0.39, 0.29) is 18.0 Å². The van der Waals surface area contributed by atoms with Gasteiger partial charge in [0.1, 0.15) is 0 Å². The number of benzene rings is 1. The lowest BCUT2D eigenvalue weighted by Gasteiger charge is -2.22. The Balaban J connectivity index is 1.75. The van der Waals surface area contributed by atoms with Crippen LogP contribution in [0.5, 0.6) is 0 Å². The van der Waals surface area contributed by atoms with Crippen molar-refractivity contribution in [2.24, 2.45) is 0 Å². The molecule has 3 rings (SSSR count). The van der Waals surface area contributed by atoms with Crippen LogP contribution in [0.15, 0.2) is 54.9 Å². The third-order valence-corrected chi connectivity index (χ3v) is 3.83. The van der Waals surface area contributed by atoms with Crippen molar-refractivity contribution in [3.63, 3.8) is 0 Å². The van der Waals surface area contributed by atoms with Gasteiger partial charge in [-0.1, -0.05) is 30.3 Å². The smallest absolute Gasteiger partial charge is 0.220 e. The summed E-state index contributed by atoms with van der Waals surface area (Å²) in [5, 5.41) is 6.57. The number of pyridine rings is 1. The summed E-state index contributed by atoms with van der Waals surface area (Å²) >= 11 is 0. The van der Waals surface area contributed by atoms with Gasteiger partial charge in [-0.15, -0.1) is 0 Å². The van der Waals surface area contributed by atoms with E-state index in [1.165, 1.54) is 11.1 Å². The quantitative estimate of drug-likeness (QED) is 0.882. The van der Waals surface area contributed by atoms with Gasteiger partial charge in [0, 0.05) is 31.4 Å². The number of carbonyl (C=O) groups is 1. The zero-order valence-corrected chi connectivity index (χ0v) is 11.8. The van der Waals surface area contributed by atoms with Gasteiger partial charge >= 0.3 is 0 Å². The van der Waals surface area contributed by atoms with Crippen LogP contribution >= 0.6 is 0 Å². The van der Waals surface area contributed by atoms with Gasteiger partial charge in [-0.3, -0.25) is 9.78 Å². The van der Waals surface area contributed by atoms with Crippen LogP contribution in [0.4, 0.5) is 0 Å². The van der Waals surface area contributed by atoms with Gasteiger partial charge in [-0.25, -0.2) is 0 Å². The second kappa shape index (κ2) is 6.50. The Morgan fingerprint density at radius 1 is 1.14 bits per heavy atom. The van der Waals surface area contributed by atoms with E-state index in [4.69, 9.17) is 0 Å². The van der Waals surface area contributed by atoms with Crippen LogP contribution in [0.1, 0.15) is 30.0 Å². The summed E-state index contributed by atoms with van der Waals surface area (Å²) in [7, 11) is 0. The molecule has 2 aromatic rings. The minimum absolute atomic E-state index is 0.117. The molecule has 0 bridgehead atoms. The minimum Gasteiger partial charge on any atom is -0.352 e. The molecule has 4 heteroatoms. The molecule has 1 fully saturated rings. The largest absolute Gasteiger partial charge is 0.352 e. The van der Waals surface area contributed by atoms with Crippen molar-refractivity contribution in [3.8, 4) is 0 Å². The summed E-state index contributed by atoms with van der Waals surface area (Å²) in [6, 6.07) is 14.7. The van der Waals surface area contributed by atoms with Crippen LogP contribution in [0.2, 0.25) is 0 Å². The summed E-state index contributed by atoms with van der Waals surface area (Å²) in [4.78, 5) is 15.4. The number of hydrogen-bond acceptors (Lipinski definition) is 3. The Kier molecular flexibility index (Phi) is 4.26. The molecule has 1 aromatic heterocycles. The first-order valence-electron chi connectivity index (χ1n) is 7.30. The number of carbonyl (C=O) groups excluding carboxylic acids is 1. The van der Waals surface area contributed by atoms with Gasteiger partial charge < -0.3 is 10.6 Å². The van der Waals surface area contributed by atoms with Crippen LogP contribution in [0, 0.1) is 0 Å². The second-order valence-corrected chi connectivity index (χ2v) is 5.34. The lowest BCUT2D eigenvalue weighted by Crippen LogP contribution is -2.37. The van der Waals surface area contributed by atoms with Crippen LogP contribution < -0.4 is 10.6 Å². The second-order valence-electron chi connectivity index (χ2n) is 5.34. The van der Waals surface area contributed by atoms with Gasteiger partial charge in [0.05, 0.1) is 6.04 Å². The van der Waals surface area contributed by atoms with Crippen LogP contribution in [0.3, 0.4) is 0 Å². The van der Waals surface area contributed by atoms with Crippen molar-refractivity contribution in [3.05, 3.63) is 66.0 Å². The van der Waals surface area contributed by atoms with Crippen LogP contribution in [-0.4, -0.2) is 23.5 Å². The maximum atomic E-state index is 11.3. The molecule has 1 saturated heterocycles. The van der Waals surface area contributed by atoms with E-state index in [1.54, 1.807) is 0 Å². The maximum absolute atomic E-state index is 11.3. The van der Waals surface area contributed by atoms with Crippen molar-refractivity contribution in [1.29, 1.82) is 0 Å². The van der Waals surface area contributed by atoms with Gasteiger partial charge in [-0.2, -0.15) is 0 Å². The molecule has 0 aliphatic carbocycles. The molecule has 1 aliphatic heterocycles. The fourth-order valence-electron chi connectivity index (χ4n) is 2.72. The number of nitrogens with one attached hydrogen (secondary N) is 2. The number of aromatic nitrogens is 1. The van der Waals surface area contributed by atoms with Gasteiger partial charge in [-0.05, 0) is 29.7 Å². The molecule has 1 aliphatic rings. The van der Waals surface area contributed by atoms with E-state index in [2.05, 4.69) is 27.8 Å². The van der Waals surface area contributed by atoms with Gasteiger partial charge in [0.2, 0.25) is 5.91 Å². The number of rotatable bonds is 5. The van der Waals surface area contributed by atoms with E-state index in [0.29, 0.717) is 6.42 Å². The molecule has 1 aromatic carbocycles. The first-order valence-corrected chi connectivity index (χ1v) is 7.30. The zero-order valence-electron chi connectivity index (χ0n) is 11.8. The Labute approximate surface area is 124 Å². The highest BCUT2D eigenvalue weighted by Crippen LogP contribution is 2.21. The van der Waals surface area contributed by atoms with Crippen molar-refractivity contribution in [2.75, 3.05) is 6.54 Å². The van der Waals surface area contributed by atoms with E-state index < -0.39 is 0 Å². The van der Waals surface area contributed by atoms with Crippen molar-refractivity contribution < 1.29 is 4.79 Å². The normalized spacial score (nSPS) is 19.2. The van der Waals surface area contributed by atoms with Crippen molar-refractivity contribution in [1.82, 2.24) is 15.6 Å². The first kappa shape index (κ1) is 13.8. The van der Waals surface area contributed by atoms with Crippen LogP contribution in [0.25, 0.3) is 0 Å². The summed E-state index contributed by atoms with van der Waals surface area (Å²) in [5.74, 6) is 0.155. The molecule has 0 saturated carbocycles. The molecule has 1 amide bonds. The fraction of sp³-hybridized carbons (Fsp3) is 0.294. The Morgan fingerprint density at radius 3 is 2.52 bits per heavy atom. The first-order chi connectivity index (χ1) is 10.3. The molecular formula is C17H19N3O. The monoisotopic (exact) mass is 281 g/mol. The van der Waals surface area contributed by atoms with E-state index in [0.717, 1.165) is 13.0 Å². The maximum Gasteiger partial charge on any atom is 0.220 e. The summed E-state index contributed by atoms with van der Waals surface area (Å²) in [6.45, 7) is 0.771. The minimum atomic E-state index is 0.117. The van der Waals surface area contributed by atoms with Gasteiger partial charge in [0.25, 0.3) is 0 Å². The van der Waals surface area contributed by atoms with Crippen molar-refractivity contribution in [2.45, 2.75) is 24.9 Å². The Bertz CT molecular complexity index is 546. The summed E-state index contributed by atoms with van der Waals surface area (Å²) in [5.41, 5.74) is 2.40. The molecule has 2 heterocycles. The standard InChI is InChI=1S/C17H19N3O/c21-16-7-6-15(20-16)12-19-17(13-4-2-1-3-5-13)14-8-10-18-11-9-14/h1-5,8-11,15,17,19H,6-7,12H2,(H,20,21). The molecule has 0 spiro atoms. The number of nitrogens with zero attached hydrogens (tertiary/aromatic N) is 1. The molecule has 4 nitrogen and oxygen atoms in total. The van der Waals surface area contributed by atoms with Gasteiger partial charge in [0.15, 0.2) is 0 Å².